The summed E-state index contributed by atoms with van der Waals surface area (Å²) >= 11 is 0. The quantitative estimate of drug-likeness (QED) is 0.796. The Balaban J connectivity index is 2.21. The maximum atomic E-state index is 12.4. The van der Waals surface area contributed by atoms with Gasteiger partial charge in [0.25, 0.3) is 10.1 Å². The first-order valence-corrected chi connectivity index (χ1v) is 9.24. The van der Waals surface area contributed by atoms with E-state index in [1.54, 1.807) is 32.9 Å². The van der Waals surface area contributed by atoms with Gasteiger partial charge < -0.3 is 9.72 Å². The lowest BCUT2D eigenvalue weighted by molar-refractivity contribution is 0.0584. The number of fused-ring (bicyclic) bond motifs is 3. The Morgan fingerprint density at radius 3 is 2.64 bits per heavy atom. The Kier molecular flexibility index (Phi) is 3.92. The van der Waals surface area contributed by atoms with Crippen LogP contribution in [-0.2, 0) is 21.3 Å². The van der Waals surface area contributed by atoms with Gasteiger partial charge in [0, 0.05) is 17.6 Å². The molecule has 2 heterocycles. The van der Waals surface area contributed by atoms with Crippen LogP contribution in [0.2, 0.25) is 0 Å². The lowest BCUT2D eigenvalue weighted by Gasteiger charge is -2.25. The Bertz CT molecular complexity index is 983. The average molecular weight is 364 g/mol. The molecule has 8 heteroatoms. The summed E-state index contributed by atoms with van der Waals surface area (Å²) in [5.74, 6) is 0. The molecule has 1 aromatic carbocycles. The van der Waals surface area contributed by atoms with Crippen LogP contribution in [0.15, 0.2) is 23.6 Å². The van der Waals surface area contributed by atoms with Crippen molar-refractivity contribution in [1.82, 2.24) is 4.98 Å². The van der Waals surface area contributed by atoms with Crippen LogP contribution in [0, 0.1) is 0 Å². The Morgan fingerprint density at radius 2 is 2.08 bits per heavy atom. The second-order valence-electron chi connectivity index (χ2n) is 6.95. The van der Waals surface area contributed by atoms with Gasteiger partial charge in [-0.1, -0.05) is 6.58 Å². The van der Waals surface area contributed by atoms with Crippen LogP contribution in [0.25, 0.3) is 17.0 Å². The highest BCUT2D eigenvalue weighted by Gasteiger charge is 2.33. The number of hydrogen-bond acceptors (Lipinski definition) is 4. The number of nitrogens with zero attached hydrogens (tertiary/aromatic N) is 1. The molecule has 0 saturated carbocycles. The van der Waals surface area contributed by atoms with Gasteiger partial charge in [-0.15, -0.1) is 0 Å². The number of benzene rings is 1. The van der Waals surface area contributed by atoms with Crippen LogP contribution < -0.4 is 4.90 Å². The van der Waals surface area contributed by atoms with E-state index in [0.717, 1.165) is 5.56 Å². The Hall–Kier alpha value is -2.32. The minimum Gasteiger partial charge on any atom is -0.443 e. The van der Waals surface area contributed by atoms with Crippen molar-refractivity contribution in [3.63, 3.8) is 0 Å². The average Bonchev–Trinajstić information content (AvgIpc) is 3.06. The molecule has 2 aromatic rings. The summed E-state index contributed by atoms with van der Waals surface area (Å²) in [6.07, 6.45) is 1.57. The van der Waals surface area contributed by atoms with E-state index >= 15 is 0 Å². The number of anilines is 1. The van der Waals surface area contributed by atoms with Crippen molar-refractivity contribution in [1.29, 1.82) is 0 Å². The summed E-state index contributed by atoms with van der Waals surface area (Å²) in [6.45, 7) is 9.33. The van der Waals surface area contributed by atoms with Crippen molar-refractivity contribution in [2.75, 3.05) is 11.4 Å². The summed E-state index contributed by atoms with van der Waals surface area (Å²) in [5.41, 5.74) is 1.53. The third-order valence-corrected chi connectivity index (χ3v) is 4.85. The molecular weight excluding hydrogens is 344 g/mol. The van der Waals surface area contributed by atoms with Crippen LogP contribution in [-0.4, -0.2) is 36.2 Å². The zero-order valence-corrected chi connectivity index (χ0v) is 15.1. The van der Waals surface area contributed by atoms with E-state index in [4.69, 9.17) is 4.74 Å². The molecule has 0 atom stereocenters. The van der Waals surface area contributed by atoms with E-state index < -0.39 is 21.8 Å². The van der Waals surface area contributed by atoms with Crippen molar-refractivity contribution in [2.45, 2.75) is 37.7 Å². The topological polar surface area (TPSA) is 99.7 Å². The van der Waals surface area contributed by atoms with E-state index in [9.17, 15) is 17.8 Å². The largest absolute Gasteiger partial charge is 0.443 e. The molecule has 0 saturated heterocycles. The lowest BCUT2D eigenvalue weighted by atomic mass is 10.1. The van der Waals surface area contributed by atoms with Gasteiger partial charge in [-0.25, -0.2) is 4.79 Å². The summed E-state index contributed by atoms with van der Waals surface area (Å²) < 4.78 is 38.6. The van der Waals surface area contributed by atoms with Gasteiger partial charge in [0.05, 0.1) is 11.2 Å². The first kappa shape index (κ1) is 17.5. The SMILES string of the molecule is C=Cc1cc2c3c(cc(S(=O)(=O)O)c2[nH]1)N(C(=O)OC(C)(C)C)CC3. The van der Waals surface area contributed by atoms with Crippen LogP contribution in [0.4, 0.5) is 10.5 Å². The molecule has 0 unspecified atom stereocenters. The highest BCUT2D eigenvalue weighted by Crippen LogP contribution is 2.39. The van der Waals surface area contributed by atoms with Crippen molar-refractivity contribution < 1.29 is 22.5 Å². The molecular formula is C17H20N2O5S. The minimum absolute atomic E-state index is 0.273. The van der Waals surface area contributed by atoms with Gasteiger partial charge in [-0.05, 0) is 51.0 Å². The fraction of sp³-hybridized carbons (Fsp3) is 0.353. The molecule has 0 spiro atoms. The molecule has 0 fully saturated rings. The normalized spacial score (nSPS) is 14.6. The van der Waals surface area contributed by atoms with Crippen molar-refractivity contribution in [3.05, 3.63) is 30.0 Å². The molecule has 3 rings (SSSR count). The first-order valence-electron chi connectivity index (χ1n) is 7.80. The molecule has 25 heavy (non-hydrogen) atoms. The van der Waals surface area contributed by atoms with Gasteiger partial charge in [0.15, 0.2) is 0 Å². The molecule has 1 aliphatic rings. The van der Waals surface area contributed by atoms with Gasteiger partial charge in [0.2, 0.25) is 0 Å². The number of ether oxygens (including phenoxy) is 1. The number of carbonyl (C=O) groups excluding carboxylic acids is 1. The van der Waals surface area contributed by atoms with Crippen molar-refractivity contribution >= 4 is 38.9 Å². The summed E-state index contributed by atoms with van der Waals surface area (Å²) in [4.78, 5) is 16.5. The Morgan fingerprint density at radius 1 is 1.40 bits per heavy atom. The number of carbonyl (C=O) groups is 1. The molecule has 1 amide bonds. The molecule has 0 bridgehead atoms. The van der Waals surface area contributed by atoms with E-state index in [1.165, 1.54) is 11.0 Å². The van der Waals surface area contributed by atoms with Crippen LogP contribution in [0.5, 0.6) is 0 Å². The summed E-state index contributed by atoms with van der Waals surface area (Å²) in [7, 11) is -4.47. The lowest BCUT2D eigenvalue weighted by Crippen LogP contribution is -2.35. The maximum Gasteiger partial charge on any atom is 0.414 e. The van der Waals surface area contributed by atoms with E-state index in [0.29, 0.717) is 35.2 Å². The third kappa shape index (κ3) is 3.14. The first-order chi connectivity index (χ1) is 11.5. The van der Waals surface area contributed by atoms with Crippen LogP contribution >= 0.6 is 0 Å². The highest BCUT2D eigenvalue weighted by atomic mass is 32.2. The van der Waals surface area contributed by atoms with Gasteiger partial charge in [-0.3, -0.25) is 9.45 Å². The fourth-order valence-corrected chi connectivity index (χ4v) is 3.68. The fourth-order valence-electron chi connectivity index (χ4n) is 3.00. The van der Waals surface area contributed by atoms with Crippen molar-refractivity contribution in [3.8, 4) is 0 Å². The number of aromatic nitrogens is 1. The van der Waals surface area contributed by atoms with Gasteiger partial charge in [0.1, 0.15) is 10.5 Å². The molecule has 1 aliphatic heterocycles. The van der Waals surface area contributed by atoms with Crippen LogP contribution in [0.3, 0.4) is 0 Å². The minimum atomic E-state index is -4.47. The molecule has 0 aliphatic carbocycles. The number of H-pyrrole nitrogens is 1. The summed E-state index contributed by atoms with van der Waals surface area (Å²) in [6, 6.07) is 3.07. The standard InChI is InChI=1S/C17H20N2O5S/c1-5-10-8-12-11-6-7-19(16(20)24-17(2,3)4)13(11)9-14(15(12)18-10)25(21,22)23/h5,8-9,18H,1,6-7H2,2-4H3,(H,21,22,23). The summed E-state index contributed by atoms with van der Waals surface area (Å²) in [5, 5.41) is 0.645. The van der Waals surface area contributed by atoms with Gasteiger partial charge in [-0.2, -0.15) is 8.42 Å². The third-order valence-electron chi connectivity index (χ3n) is 3.97. The van der Waals surface area contributed by atoms with Crippen molar-refractivity contribution in [2.24, 2.45) is 0 Å². The number of rotatable bonds is 2. The zero-order chi connectivity index (χ0) is 18.6. The second kappa shape index (κ2) is 5.60. The van der Waals surface area contributed by atoms with E-state index in [1.807, 2.05) is 0 Å². The second-order valence-corrected chi connectivity index (χ2v) is 8.34. The van der Waals surface area contributed by atoms with E-state index in [2.05, 4.69) is 11.6 Å². The smallest absolute Gasteiger partial charge is 0.414 e. The van der Waals surface area contributed by atoms with Gasteiger partial charge >= 0.3 is 6.09 Å². The number of nitrogens with one attached hydrogen (secondary N) is 1. The molecule has 0 radical (unpaired) electrons. The molecule has 2 N–H and O–H groups in total. The number of amides is 1. The van der Waals surface area contributed by atoms with E-state index in [-0.39, 0.29) is 4.90 Å². The predicted octanol–water partition coefficient (Wildman–Crippen LogP) is 3.36. The Labute approximate surface area is 146 Å². The highest BCUT2D eigenvalue weighted by molar-refractivity contribution is 7.86. The predicted molar refractivity (Wildman–Crippen MR) is 95.5 cm³/mol. The van der Waals surface area contributed by atoms with Crippen LogP contribution in [0.1, 0.15) is 32.0 Å². The number of aromatic amines is 1. The molecule has 7 nitrogen and oxygen atoms in total. The maximum absolute atomic E-state index is 12.4. The molecule has 134 valence electrons. The monoisotopic (exact) mass is 364 g/mol. The zero-order valence-electron chi connectivity index (χ0n) is 14.3. The number of hydrogen-bond donors (Lipinski definition) is 2. The molecule has 1 aromatic heterocycles.